The SMILES string of the molecule is Cn1cc(-c2c[nH]c(=O)[nH]2)c2ccccc21. The number of para-hydroxylation sites is 1. The number of rotatable bonds is 1. The fourth-order valence-electron chi connectivity index (χ4n) is 2.03. The van der Waals surface area contributed by atoms with Gasteiger partial charge in [-0.05, 0) is 6.07 Å². The summed E-state index contributed by atoms with van der Waals surface area (Å²) in [5.74, 6) is 0. The third-order valence-corrected chi connectivity index (χ3v) is 2.78. The summed E-state index contributed by atoms with van der Waals surface area (Å²) < 4.78 is 2.05. The second-order valence-electron chi connectivity index (χ2n) is 3.83. The average Bonchev–Trinajstić information content (AvgIpc) is 2.84. The quantitative estimate of drug-likeness (QED) is 0.637. The largest absolute Gasteiger partial charge is 0.350 e. The van der Waals surface area contributed by atoms with Crippen molar-refractivity contribution in [1.82, 2.24) is 14.5 Å². The lowest BCUT2D eigenvalue weighted by atomic mass is 10.1. The molecule has 80 valence electrons. The standard InChI is InChI=1S/C12H11N3O/c1-15-7-9(10-6-13-12(16)14-10)8-4-2-3-5-11(8)15/h2-7H,1H3,(H2,13,14,16). The average molecular weight is 213 g/mol. The van der Waals surface area contributed by atoms with Crippen molar-refractivity contribution in [1.29, 1.82) is 0 Å². The van der Waals surface area contributed by atoms with Gasteiger partial charge in [-0.2, -0.15) is 0 Å². The van der Waals surface area contributed by atoms with Gasteiger partial charge in [-0.25, -0.2) is 4.79 Å². The number of benzene rings is 1. The lowest BCUT2D eigenvalue weighted by molar-refractivity contribution is 0.969. The van der Waals surface area contributed by atoms with Crippen LogP contribution in [-0.2, 0) is 7.05 Å². The highest BCUT2D eigenvalue weighted by Gasteiger charge is 2.08. The minimum atomic E-state index is -0.178. The van der Waals surface area contributed by atoms with Gasteiger partial charge in [-0.1, -0.05) is 18.2 Å². The van der Waals surface area contributed by atoms with Crippen molar-refractivity contribution in [3.63, 3.8) is 0 Å². The number of hydrogen-bond acceptors (Lipinski definition) is 1. The Bertz CT molecular complexity index is 702. The van der Waals surface area contributed by atoms with Crippen molar-refractivity contribution >= 4 is 10.9 Å². The minimum absolute atomic E-state index is 0.178. The monoisotopic (exact) mass is 213 g/mol. The van der Waals surface area contributed by atoms with Gasteiger partial charge in [0, 0.05) is 35.9 Å². The first-order chi connectivity index (χ1) is 7.75. The molecule has 0 saturated carbocycles. The number of imidazole rings is 1. The second-order valence-corrected chi connectivity index (χ2v) is 3.83. The summed E-state index contributed by atoms with van der Waals surface area (Å²) in [6.45, 7) is 0. The molecule has 0 spiro atoms. The molecule has 0 saturated heterocycles. The highest BCUT2D eigenvalue weighted by atomic mass is 16.1. The van der Waals surface area contributed by atoms with E-state index in [4.69, 9.17) is 0 Å². The molecule has 0 aliphatic rings. The Morgan fingerprint density at radius 3 is 2.81 bits per heavy atom. The predicted molar refractivity (Wildman–Crippen MR) is 63.3 cm³/mol. The topological polar surface area (TPSA) is 53.6 Å². The van der Waals surface area contributed by atoms with Gasteiger partial charge in [0.1, 0.15) is 0 Å². The number of aromatic amines is 2. The third kappa shape index (κ3) is 1.20. The molecule has 0 amide bonds. The van der Waals surface area contributed by atoms with Crippen LogP contribution in [0.4, 0.5) is 0 Å². The van der Waals surface area contributed by atoms with E-state index in [1.165, 1.54) is 0 Å². The summed E-state index contributed by atoms with van der Waals surface area (Å²) in [6, 6.07) is 8.11. The molecule has 0 atom stereocenters. The van der Waals surface area contributed by atoms with E-state index in [-0.39, 0.29) is 5.69 Å². The van der Waals surface area contributed by atoms with E-state index < -0.39 is 0 Å². The third-order valence-electron chi connectivity index (χ3n) is 2.78. The van der Waals surface area contributed by atoms with Crippen molar-refractivity contribution in [3.8, 4) is 11.3 Å². The zero-order chi connectivity index (χ0) is 11.1. The molecule has 3 aromatic rings. The Labute approximate surface area is 91.5 Å². The van der Waals surface area contributed by atoms with Crippen LogP contribution < -0.4 is 5.69 Å². The van der Waals surface area contributed by atoms with Gasteiger partial charge >= 0.3 is 5.69 Å². The number of fused-ring (bicyclic) bond motifs is 1. The molecule has 0 aliphatic carbocycles. The first-order valence-corrected chi connectivity index (χ1v) is 5.08. The van der Waals surface area contributed by atoms with Gasteiger partial charge < -0.3 is 14.5 Å². The van der Waals surface area contributed by atoms with Crippen molar-refractivity contribution in [2.75, 3.05) is 0 Å². The molecular weight excluding hydrogens is 202 g/mol. The van der Waals surface area contributed by atoms with Crippen molar-refractivity contribution in [2.24, 2.45) is 7.05 Å². The van der Waals surface area contributed by atoms with Crippen LogP contribution in [0.5, 0.6) is 0 Å². The van der Waals surface area contributed by atoms with Crippen LogP contribution in [0, 0.1) is 0 Å². The van der Waals surface area contributed by atoms with Crippen LogP contribution in [0.25, 0.3) is 22.2 Å². The van der Waals surface area contributed by atoms with Gasteiger partial charge in [0.05, 0.1) is 5.69 Å². The lowest BCUT2D eigenvalue weighted by Crippen LogP contribution is -1.99. The fraction of sp³-hybridized carbons (Fsp3) is 0.0833. The summed E-state index contributed by atoms with van der Waals surface area (Å²) in [5.41, 5.74) is 2.83. The molecule has 0 fully saturated rings. The van der Waals surface area contributed by atoms with E-state index in [1.54, 1.807) is 6.20 Å². The van der Waals surface area contributed by atoms with Crippen LogP contribution >= 0.6 is 0 Å². The van der Waals surface area contributed by atoms with E-state index in [9.17, 15) is 4.79 Å². The van der Waals surface area contributed by atoms with Gasteiger partial charge in [0.25, 0.3) is 0 Å². The van der Waals surface area contributed by atoms with E-state index in [2.05, 4.69) is 26.7 Å². The molecule has 0 unspecified atom stereocenters. The van der Waals surface area contributed by atoms with Gasteiger partial charge in [0.2, 0.25) is 0 Å². The maximum atomic E-state index is 11.1. The summed E-state index contributed by atoms with van der Waals surface area (Å²) in [6.07, 6.45) is 3.72. The van der Waals surface area contributed by atoms with E-state index >= 15 is 0 Å². The van der Waals surface area contributed by atoms with Crippen LogP contribution in [0.2, 0.25) is 0 Å². The highest BCUT2D eigenvalue weighted by Crippen LogP contribution is 2.27. The van der Waals surface area contributed by atoms with Gasteiger partial charge in [0.15, 0.2) is 0 Å². The normalized spacial score (nSPS) is 11.1. The molecule has 3 rings (SSSR count). The Morgan fingerprint density at radius 2 is 2.06 bits per heavy atom. The number of hydrogen-bond donors (Lipinski definition) is 2. The number of aryl methyl sites for hydroxylation is 1. The highest BCUT2D eigenvalue weighted by molar-refractivity contribution is 5.94. The fourth-order valence-corrected chi connectivity index (χ4v) is 2.03. The molecule has 0 aliphatic heterocycles. The van der Waals surface area contributed by atoms with Crippen LogP contribution in [0.3, 0.4) is 0 Å². The van der Waals surface area contributed by atoms with Crippen LogP contribution in [-0.4, -0.2) is 14.5 Å². The molecule has 2 N–H and O–H groups in total. The Kier molecular flexibility index (Phi) is 1.77. The molecule has 0 bridgehead atoms. The minimum Gasteiger partial charge on any atom is -0.350 e. The molecule has 2 heterocycles. The summed E-state index contributed by atoms with van der Waals surface area (Å²) in [5, 5.41) is 1.14. The van der Waals surface area contributed by atoms with E-state index in [1.807, 2.05) is 25.4 Å². The van der Waals surface area contributed by atoms with Crippen LogP contribution in [0.1, 0.15) is 0 Å². The number of nitrogens with zero attached hydrogens (tertiary/aromatic N) is 1. The zero-order valence-electron chi connectivity index (χ0n) is 8.82. The summed E-state index contributed by atoms with van der Waals surface area (Å²) in [4.78, 5) is 16.5. The predicted octanol–water partition coefficient (Wildman–Crippen LogP) is 1.86. The van der Waals surface area contributed by atoms with Crippen molar-refractivity contribution < 1.29 is 0 Å². The first kappa shape index (κ1) is 9.03. The molecule has 16 heavy (non-hydrogen) atoms. The van der Waals surface area contributed by atoms with Crippen molar-refractivity contribution in [3.05, 3.63) is 47.1 Å². The number of aromatic nitrogens is 3. The van der Waals surface area contributed by atoms with Crippen LogP contribution in [0.15, 0.2) is 41.5 Å². The Morgan fingerprint density at radius 1 is 1.25 bits per heavy atom. The molecule has 2 aromatic heterocycles. The molecular formula is C12H11N3O. The Balaban J connectivity index is 2.36. The molecule has 0 radical (unpaired) electrons. The maximum Gasteiger partial charge on any atom is 0.323 e. The number of H-pyrrole nitrogens is 2. The smallest absolute Gasteiger partial charge is 0.323 e. The molecule has 1 aromatic carbocycles. The van der Waals surface area contributed by atoms with Gasteiger partial charge in [-0.15, -0.1) is 0 Å². The molecule has 4 heteroatoms. The Hall–Kier alpha value is -2.23. The second kappa shape index (κ2) is 3.13. The lowest BCUT2D eigenvalue weighted by Gasteiger charge is -1.94. The summed E-state index contributed by atoms with van der Waals surface area (Å²) in [7, 11) is 2.00. The zero-order valence-corrected chi connectivity index (χ0v) is 8.82. The van der Waals surface area contributed by atoms with Gasteiger partial charge in [-0.3, -0.25) is 0 Å². The first-order valence-electron chi connectivity index (χ1n) is 5.08. The molecule has 4 nitrogen and oxygen atoms in total. The van der Waals surface area contributed by atoms with Crippen molar-refractivity contribution in [2.45, 2.75) is 0 Å². The maximum absolute atomic E-state index is 11.1. The van der Waals surface area contributed by atoms with E-state index in [0.29, 0.717) is 0 Å². The number of nitrogens with one attached hydrogen (secondary N) is 2. The summed E-state index contributed by atoms with van der Waals surface area (Å²) >= 11 is 0. The van der Waals surface area contributed by atoms with E-state index in [0.717, 1.165) is 22.2 Å².